The summed E-state index contributed by atoms with van der Waals surface area (Å²) >= 11 is 0. The zero-order valence-corrected chi connectivity index (χ0v) is 17.6. The van der Waals surface area contributed by atoms with Gasteiger partial charge >= 0.3 is 5.97 Å². The van der Waals surface area contributed by atoms with Crippen LogP contribution in [0.15, 0.2) is 78.9 Å². The summed E-state index contributed by atoms with van der Waals surface area (Å²) in [6, 6.07) is 24.8. The molecule has 0 aliphatic rings. The van der Waals surface area contributed by atoms with Crippen LogP contribution in [0.3, 0.4) is 0 Å². The molecule has 0 fully saturated rings. The molecule has 4 nitrogen and oxygen atoms in total. The van der Waals surface area contributed by atoms with E-state index in [1.807, 2.05) is 87.5 Å². The van der Waals surface area contributed by atoms with Gasteiger partial charge in [0.1, 0.15) is 0 Å². The Balaban J connectivity index is 1.76. The molecule has 0 aromatic heterocycles. The molecule has 3 aromatic rings. The average molecular weight is 402 g/mol. The Kier molecular flexibility index (Phi) is 7.02. The van der Waals surface area contributed by atoms with Crippen LogP contribution in [0.2, 0.25) is 0 Å². The number of anilines is 1. The summed E-state index contributed by atoms with van der Waals surface area (Å²) in [5, 5.41) is 2.92. The molecule has 4 heteroatoms. The van der Waals surface area contributed by atoms with Gasteiger partial charge in [-0.1, -0.05) is 79.7 Å². The maximum atomic E-state index is 13.1. The van der Waals surface area contributed by atoms with Crippen molar-refractivity contribution < 1.29 is 14.3 Å². The van der Waals surface area contributed by atoms with Crippen LogP contribution in [0.5, 0.6) is 0 Å². The molecular weight excluding hydrogens is 374 g/mol. The number of aryl methyl sites for hydroxylation is 2. The molecule has 154 valence electrons. The quantitative estimate of drug-likeness (QED) is 0.515. The van der Waals surface area contributed by atoms with Gasteiger partial charge in [0.25, 0.3) is 5.91 Å². The van der Waals surface area contributed by atoms with Gasteiger partial charge in [-0.2, -0.15) is 0 Å². The molecule has 0 bridgehead atoms. The minimum atomic E-state index is -1.01. The smallest absolute Gasteiger partial charge is 0.307 e. The lowest BCUT2D eigenvalue weighted by Gasteiger charge is -2.20. The highest BCUT2D eigenvalue weighted by Crippen LogP contribution is 2.25. The molecule has 0 spiro atoms. The Morgan fingerprint density at radius 1 is 0.867 bits per heavy atom. The number of hydrogen-bond acceptors (Lipinski definition) is 3. The van der Waals surface area contributed by atoms with Gasteiger partial charge < -0.3 is 10.1 Å². The zero-order valence-electron chi connectivity index (χ0n) is 17.6. The molecule has 0 heterocycles. The first kappa shape index (κ1) is 21.3. The van der Waals surface area contributed by atoms with Crippen LogP contribution in [0.1, 0.15) is 47.6 Å². The van der Waals surface area contributed by atoms with E-state index >= 15 is 0 Å². The van der Waals surface area contributed by atoms with Gasteiger partial charge in [-0.05, 0) is 42.5 Å². The lowest BCUT2D eigenvalue weighted by molar-refractivity contribution is -0.155. The van der Waals surface area contributed by atoms with Crippen molar-refractivity contribution in [2.75, 3.05) is 5.32 Å². The van der Waals surface area contributed by atoms with Gasteiger partial charge in [0, 0.05) is 11.3 Å². The highest BCUT2D eigenvalue weighted by atomic mass is 16.5. The Hall–Kier alpha value is -3.40. The lowest BCUT2D eigenvalue weighted by Crippen LogP contribution is -2.26. The second kappa shape index (κ2) is 9.88. The van der Waals surface area contributed by atoms with E-state index in [1.165, 1.54) is 0 Å². The van der Waals surface area contributed by atoms with Crippen molar-refractivity contribution in [1.82, 2.24) is 0 Å². The number of ether oxygens (including phenoxy) is 1. The van der Waals surface area contributed by atoms with E-state index in [1.54, 1.807) is 12.1 Å². The number of nitrogens with one attached hydrogen (secondary N) is 1. The Bertz CT molecular complexity index is 999. The Morgan fingerprint density at radius 3 is 2.10 bits per heavy atom. The van der Waals surface area contributed by atoms with E-state index in [2.05, 4.69) is 5.32 Å². The second-order valence-electron chi connectivity index (χ2n) is 7.60. The number of carbonyl (C=O) groups is 2. The molecule has 3 rings (SSSR count). The standard InChI is InChI=1S/C26H27NO3/c1-18-14-15-19(2)23(16-18)27-26(29)25(22-12-8-5-9-13-22)30-24(28)17-20(3)21-10-6-4-7-11-21/h4-16,20,25H,17H2,1-3H3,(H,27,29)/t20-,25+/m0/s1. The molecule has 2 atom stereocenters. The van der Waals surface area contributed by atoms with E-state index < -0.39 is 12.1 Å². The molecule has 0 saturated carbocycles. The number of benzene rings is 3. The van der Waals surface area contributed by atoms with Crippen molar-refractivity contribution in [3.8, 4) is 0 Å². The lowest BCUT2D eigenvalue weighted by atomic mass is 9.98. The maximum Gasteiger partial charge on any atom is 0.307 e. The Labute approximate surface area is 177 Å². The van der Waals surface area contributed by atoms with Crippen molar-refractivity contribution >= 4 is 17.6 Å². The van der Waals surface area contributed by atoms with Gasteiger partial charge in [0.05, 0.1) is 6.42 Å². The van der Waals surface area contributed by atoms with Crippen molar-refractivity contribution in [2.24, 2.45) is 0 Å². The number of amides is 1. The Morgan fingerprint density at radius 2 is 1.47 bits per heavy atom. The van der Waals surface area contributed by atoms with E-state index in [0.29, 0.717) is 5.56 Å². The third kappa shape index (κ3) is 5.57. The van der Waals surface area contributed by atoms with Crippen LogP contribution in [0.25, 0.3) is 0 Å². The van der Waals surface area contributed by atoms with Crippen LogP contribution in [-0.4, -0.2) is 11.9 Å². The zero-order chi connectivity index (χ0) is 21.5. The van der Waals surface area contributed by atoms with Crippen molar-refractivity contribution in [2.45, 2.75) is 39.2 Å². The molecule has 30 heavy (non-hydrogen) atoms. The number of hydrogen-bond donors (Lipinski definition) is 1. The predicted octanol–water partition coefficient (Wildman–Crippen LogP) is 5.72. The first-order valence-electron chi connectivity index (χ1n) is 10.1. The number of rotatable bonds is 7. The summed E-state index contributed by atoms with van der Waals surface area (Å²) < 4.78 is 5.68. The summed E-state index contributed by atoms with van der Waals surface area (Å²) in [6.45, 7) is 5.87. The van der Waals surface area contributed by atoms with E-state index in [4.69, 9.17) is 4.74 Å². The minimum absolute atomic E-state index is 0.00259. The van der Waals surface area contributed by atoms with Crippen LogP contribution >= 0.6 is 0 Å². The summed E-state index contributed by atoms with van der Waals surface area (Å²) in [6.07, 6.45) is -0.814. The topological polar surface area (TPSA) is 55.4 Å². The van der Waals surface area contributed by atoms with Crippen molar-refractivity contribution in [3.05, 3.63) is 101 Å². The fourth-order valence-corrected chi connectivity index (χ4v) is 3.30. The summed E-state index contributed by atoms with van der Waals surface area (Å²) in [4.78, 5) is 25.8. The SMILES string of the molecule is Cc1ccc(C)c(NC(=O)[C@H](OC(=O)C[C@H](C)c2ccccc2)c2ccccc2)c1. The first-order chi connectivity index (χ1) is 14.4. The average Bonchev–Trinajstić information content (AvgIpc) is 2.75. The molecule has 1 N–H and O–H groups in total. The van der Waals surface area contributed by atoms with Crippen molar-refractivity contribution in [1.29, 1.82) is 0 Å². The van der Waals surface area contributed by atoms with Crippen LogP contribution in [0.4, 0.5) is 5.69 Å². The van der Waals surface area contributed by atoms with Crippen molar-refractivity contribution in [3.63, 3.8) is 0 Å². The third-order valence-electron chi connectivity index (χ3n) is 5.08. The predicted molar refractivity (Wildman–Crippen MR) is 119 cm³/mol. The fourth-order valence-electron chi connectivity index (χ4n) is 3.30. The molecule has 0 aliphatic heterocycles. The monoisotopic (exact) mass is 401 g/mol. The summed E-state index contributed by atoms with van der Waals surface area (Å²) in [5.74, 6) is -0.774. The fraction of sp³-hybridized carbons (Fsp3) is 0.231. The molecular formula is C26H27NO3. The normalized spacial score (nSPS) is 12.6. The maximum absolute atomic E-state index is 13.1. The van der Waals surface area contributed by atoms with Gasteiger partial charge in [0.15, 0.2) is 0 Å². The molecule has 1 amide bonds. The van der Waals surface area contributed by atoms with Gasteiger partial charge in [-0.15, -0.1) is 0 Å². The molecule has 0 unspecified atom stereocenters. The number of esters is 1. The highest BCUT2D eigenvalue weighted by Gasteiger charge is 2.26. The minimum Gasteiger partial charge on any atom is -0.447 e. The summed E-state index contributed by atoms with van der Waals surface area (Å²) in [5.41, 5.74) is 4.41. The van der Waals surface area contributed by atoms with Gasteiger partial charge in [-0.3, -0.25) is 9.59 Å². The van der Waals surface area contributed by atoms with E-state index in [9.17, 15) is 9.59 Å². The van der Waals surface area contributed by atoms with Crippen LogP contribution < -0.4 is 5.32 Å². The van der Waals surface area contributed by atoms with Crippen LogP contribution in [0, 0.1) is 13.8 Å². The number of carbonyl (C=O) groups excluding carboxylic acids is 2. The first-order valence-corrected chi connectivity index (χ1v) is 10.1. The van der Waals surface area contributed by atoms with Gasteiger partial charge in [-0.25, -0.2) is 0 Å². The molecule has 0 aliphatic carbocycles. The second-order valence-corrected chi connectivity index (χ2v) is 7.60. The largest absolute Gasteiger partial charge is 0.447 e. The highest BCUT2D eigenvalue weighted by molar-refractivity contribution is 5.96. The molecule has 0 saturated heterocycles. The van der Waals surface area contributed by atoms with E-state index in [-0.39, 0.29) is 18.2 Å². The van der Waals surface area contributed by atoms with E-state index in [0.717, 1.165) is 22.4 Å². The van der Waals surface area contributed by atoms with Crippen LogP contribution in [-0.2, 0) is 14.3 Å². The summed E-state index contributed by atoms with van der Waals surface area (Å²) in [7, 11) is 0. The third-order valence-corrected chi connectivity index (χ3v) is 5.08. The molecule has 3 aromatic carbocycles. The van der Waals surface area contributed by atoms with Gasteiger partial charge in [0.2, 0.25) is 6.10 Å². The molecule has 0 radical (unpaired) electrons.